The van der Waals surface area contributed by atoms with Crippen molar-refractivity contribution in [1.29, 1.82) is 0 Å². The summed E-state index contributed by atoms with van der Waals surface area (Å²) in [6, 6.07) is 28.9. The molecule has 5 heterocycles. The van der Waals surface area contributed by atoms with Crippen molar-refractivity contribution in [2.24, 2.45) is 5.92 Å². The van der Waals surface area contributed by atoms with Gasteiger partial charge in [-0.05, 0) is 93.5 Å². The summed E-state index contributed by atoms with van der Waals surface area (Å²) in [7, 11) is 2.28. The summed E-state index contributed by atoms with van der Waals surface area (Å²) in [5.41, 5.74) is 5.84. The van der Waals surface area contributed by atoms with Crippen LogP contribution in [0.2, 0.25) is 0 Å². The highest BCUT2D eigenvalue weighted by Gasteiger charge is 2.40. The smallest absolute Gasteiger partial charge is 0.234 e. The number of amides is 3. The lowest BCUT2D eigenvalue weighted by Crippen LogP contribution is -2.53. The first-order chi connectivity index (χ1) is 27.3. The molecule has 3 amide bonds. The average molecular weight is 756 g/mol. The van der Waals surface area contributed by atoms with Crippen molar-refractivity contribution >= 4 is 29.1 Å². The van der Waals surface area contributed by atoms with Crippen LogP contribution in [0.25, 0.3) is 11.3 Å². The molecule has 292 valence electrons. The van der Waals surface area contributed by atoms with Gasteiger partial charge in [0.15, 0.2) is 0 Å². The van der Waals surface area contributed by atoms with E-state index in [0.717, 1.165) is 101 Å². The maximum atomic E-state index is 13.8. The number of hydrogen-bond acceptors (Lipinski definition) is 9. The van der Waals surface area contributed by atoms with Crippen LogP contribution in [0.5, 0.6) is 5.75 Å². The van der Waals surface area contributed by atoms with Crippen LogP contribution < -0.4 is 15.1 Å². The summed E-state index contributed by atoms with van der Waals surface area (Å²) in [5, 5.41) is 21.5. The Hall–Kier alpha value is -5.29. The number of rotatable bonds is 9. The van der Waals surface area contributed by atoms with Crippen molar-refractivity contribution in [3.63, 3.8) is 0 Å². The van der Waals surface area contributed by atoms with E-state index in [9.17, 15) is 19.5 Å². The number of benzene rings is 3. The van der Waals surface area contributed by atoms with Gasteiger partial charge in [0.1, 0.15) is 5.75 Å². The normalized spacial score (nSPS) is 21.0. The molecule has 0 unspecified atom stereocenters. The highest BCUT2D eigenvalue weighted by molar-refractivity contribution is 6.01. The minimum atomic E-state index is -0.277. The average Bonchev–Trinajstić information content (AvgIpc) is 3.24. The van der Waals surface area contributed by atoms with Crippen LogP contribution in [-0.4, -0.2) is 102 Å². The SMILES string of the molecule is CN(CC1(c2ccccc2)CCN(c2cnnc(-c3ccccc3O)c2)CC1)C1CCN(C(=O)C2CCN(c3ccc([C@H]4CCC(=O)NC4=O)cc3)CC2)CC1. The number of carbonyl (C=O) groups excluding carboxylic acids is 3. The van der Waals surface area contributed by atoms with Gasteiger partial charge in [-0.2, -0.15) is 10.2 Å². The zero-order chi connectivity index (χ0) is 38.6. The van der Waals surface area contributed by atoms with Gasteiger partial charge in [0.05, 0.1) is 23.5 Å². The fourth-order valence-electron chi connectivity index (χ4n) is 9.58. The predicted octanol–water partition coefficient (Wildman–Crippen LogP) is 5.75. The van der Waals surface area contributed by atoms with Gasteiger partial charge in [-0.3, -0.25) is 19.7 Å². The molecule has 4 aliphatic rings. The second-order valence-electron chi connectivity index (χ2n) is 16.3. The molecule has 0 aliphatic carbocycles. The third kappa shape index (κ3) is 8.00. The van der Waals surface area contributed by atoms with Gasteiger partial charge in [-0.15, -0.1) is 0 Å². The highest BCUT2D eigenvalue weighted by atomic mass is 16.3. The van der Waals surface area contributed by atoms with Gasteiger partial charge in [0.25, 0.3) is 0 Å². The summed E-state index contributed by atoms with van der Waals surface area (Å²) in [4.78, 5) is 47.1. The van der Waals surface area contributed by atoms with E-state index in [1.54, 1.807) is 6.07 Å². The van der Waals surface area contributed by atoms with E-state index in [0.29, 0.717) is 36.0 Å². The lowest BCUT2D eigenvalue weighted by atomic mass is 9.72. The first-order valence-electron chi connectivity index (χ1n) is 20.4. The maximum Gasteiger partial charge on any atom is 0.234 e. The van der Waals surface area contributed by atoms with E-state index in [-0.39, 0.29) is 34.8 Å². The number of imide groups is 1. The molecule has 2 N–H and O–H groups in total. The Morgan fingerprint density at radius 1 is 0.821 bits per heavy atom. The minimum absolute atomic E-state index is 0.0136. The van der Waals surface area contributed by atoms with E-state index in [1.165, 1.54) is 5.56 Å². The summed E-state index contributed by atoms with van der Waals surface area (Å²) < 4.78 is 0. The first-order valence-corrected chi connectivity index (χ1v) is 20.4. The van der Waals surface area contributed by atoms with Crippen LogP contribution in [0.3, 0.4) is 0 Å². The van der Waals surface area contributed by atoms with Crippen LogP contribution in [0.15, 0.2) is 91.1 Å². The van der Waals surface area contributed by atoms with Gasteiger partial charge in [0, 0.05) is 80.9 Å². The van der Waals surface area contributed by atoms with Crippen LogP contribution in [0, 0.1) is 5.92 Å². The van der Waals surface area contributed by atoms with Crippen molar-refractivity contribution in [2.75, 3.05) is 62.7 Å². The molecule has 4 aromatic rings. The molecule has 0 saturated carbocycles. The zero-order valence-corrected chi connectivity index (χ0v) is 32.4. The molecule has 4 fully saturated rings. The molecular formula is C45H53N7O4. The number of aromatic nitrogens is 2. The van der Waals surface area contributed by atoms with Crippen LogP contribution in [0.1, 0.15) is 68.4 Å². The molecule has 11 nitrogen and oxygen atoms in total. The lowest BCUT2D eigenvalue weighted by molar-refractivity contribution is -0.138. The minimum Gasteiger partial charge on any atom is -0.507 e. The Morgan fingerprint density at radius 3 is 2.20 bits per heavy atom. The molecule has 1 aromatic heterocycles. The summed E-state index contributed by atoms with van der Waals surface area (Å²) >= 11 is 0. The molecule has 4 saturated heterocycles. The fourth-order valence-corrected chi connectivity index (χ4v) is 9.58. The molecule has 4 aliphatic heterocycles. The molecule has 0 spiro atoms. The number of likely N-dealkylation sites (N-methyl/N-ethyl adjacent to an activating group) is 1. The van der Waals surface area contributed by atoms with E-state index in [1.807, 2.05) is 42.6 Å². The van der Waals surface area contributed by atoms with Crippen LogP contribution in [0.4, 0.5) is 11.4 Å². The number of hydrogen-bond donors (Lipinski definition) is 2. The molecule has 1 atom stereocenters. The first kappa shape index (κ1) is 37.6. The van der Waals surface area contributed by atoms with E-state index in [2.05, 4.69) is 84.6 Å². The number of phenolic OH excluding ortho intramolecular Hbond substituents is 1. The van der Waals surface area contributed by atoms with Crippen molar-refractivity contribution in [1.82, 2.24) is 25.3 Å². The fraction of sp³-hybridized carbons (Fsp3) is 0.444. The monoisotopic (exact) mass is 755 g/mol. The second-order valence-corrected chi connectivity index (χ2v) is 16.3. The Morgan fingerprint density at radius 2 is 1.50 bits per heavy atom. The van der Waals surface area contributed by atoms with Crippen molar-refractivity contribution in [3.05, 3.63) is 102 Å². The van der Waals surface area contributed by atoms with Crippen molar-refractivity contribution < 1.29 is 19.5 Å². The number of nitrogens with one attached hydrogen (secondary N) is 1. The van der Waals surface area contributed by atoms with E-state index in [4.69, 9.17) is 0 Å². The molecular weight excluding hydrogens is 703 g/mol. The molecule has 3 aromatic carbocycles. The third-order valence-corrected chi connectivity index (χ3v) is 13.0. The van der Waals surface area contributed by atoms with Crippen molar-refractivity contribution in [2.45, 2.75) is 68.7 Å². The molecule has 0 radical (unpaired) electrons. The molecule has 11 heteroatoms. The Kier molecular flexibility index (Phi) is 11.0. The van der Waals surface area contributed by atoms with Crippen LogP contribution in [-0.2, 0) is 19.8 Å². The van der Waals surface area contributed by atoms with E-state index >= 15 is 0 Å². The second kappa shape index (κ2) is 16.4. The number of nitrogens with zero attached hydrogens (tertiary/aromatic N) is 6. The molecule has 0 bridgehead atoms. The van der Waals surface area contributed by atoms with Gasteiger partial charge < -0.3 is 24.7 Å². The maximum absolute atomic E-state index is 13.8. The largest absolute Gasteiger partial charge is 0.507 e. The molecule has 8 rings (SSSR count). The van der Waals surface area contributed by atoms with Gasteiger partial charge >= 0.3 is 0 Å². The predicted molar refractivity (Wildman–Crippen MR) is 217 cm³/mol. The zero-order valence-electron chi connectivity index (χ0n) is 32.4. The van der Waals surface area contributed by atoms with Gasteiger partial charge in [-0.1, -0.05) is 54.6 Å². The summed E-state index contributed by atoms with van der Waals surface area (Å²) in [6.07, 6.45) is 8.42. The van der Waals surface area contributed by atoms with E-state index < -0.39 is 0 Å². The number of aromatic hydroxyl groups is 1. The Balaban J connectivity index is 0.838. The topological polar surface area (TPSA) is 122 Å². The van der Waals surface area contributed by atoms with Gasteiger partial charge in [0.2, 0.25) is 17.7 Å². The number of likely N-dealkylation sites (tertiary alicyclic amines) is 1. The van der Waals surface area contributed by atoms with Gasteiger partial charge in [-0.25, -0.2) is 0 Å². The number of phenols is 1. The Labute approximate surface area is 329 Å². The lowest BCUT2D eigenvalue weighted by Gasteiger charge is -2.47. The summed E-state index contributed by atoms with van der Waals surface area (Å²) in [6.45, 7) is 6.03. The van der Waals surface area contributed by atoms with Crippen molar-refractivity contribution in [3.8, 4) is 17.0 Å². The Bertz CT molecular complexity index is 2000. The molecule has 56 heavy (non-hydrogen) atoms. The standard InChI is InChI=1S/C45H53N7O4/c1-49(31-45(34-7-3-2-4-8-34)21-27-51(28-22-45)37-29-40(48-46-30-37)39-9-5-6-10-41(39)53)35-19-25-52(26-20-35)44(56)33-17-23-50(24-18-33)36-13-11-32(12-14-36)38-15-16-42(54)47-43(38)55/h2-14,29-30,33,35,38,53H,15-28,31H2,1H3,(H,47,54,55)/t38-/m1/s1. The number of anilines is 2. The number of carbonyl (C=O) groups is 3. The summed E-state index contributed by atoms with van der Waals surface area (Å²) in [5.74, 6) is -0.114. The number of para-hydroxylation sites is 1. The quantitative estimate of drug-likeness (QED) is 0.206. The van der Waals surface area contributed by atoms with Crippen LogP contribution >= 0.6 is 0 Å². The number of piperidine rings is 4. The highest BCUT2D eigenvalue weighted by Crippen LogP contribution is 2.39. The third-order valence-electron chi connectivity index (χ3n) is 13.0.